The lowest BCUT2D eigenvalue weighted by Crippen LogP contribution is -2.35. The Bertz CT molecular complexity index is 1370. The summed E-state index contributed by atoms with van der Waals surface area (Å²) >= 11 is 1.22. The summed E-state index contributed by atoms with van der Waals surface area (Å²) in [5.74, 6) is -0.680. The van der Waals surface area contributed by atoms with E-state index in [0.29, 0.717) is 22.1 Å². The molecule has 11 heteroatoms. The van der Waals surface area contributed by atoms with Crippen LogP contribution < -0.4 is 10.6 Å². The van der Waals surface area contributed by atoms with Crippen LogP contribution in [0.15, 0.2) is 71.9 Å². The lowest BCUT2D eigenvalue weighted by Gasteiger charge is -2.17. The van der Waals surface area contributed by atoms with Gasteiger partial charge in [-0.3, -0.25) is 14.4 Å². The Hall–Kier alpha value is -4.25. The van der Waals surface area contributed by atoms with Gasteiger partial charge < -0.3 is 15.5 Å². The third-order valence-corrected chi connectivity index (χ3v) is 6.13. The molecule has 3 aromatic carbocycles. The predicted octanol–water partition coefficient (Wildman–Crippen LogP) is 2.80. The molecule has 0 aliphatic rings. The molecule has 0 aliphatic heterocycles. The van der Waals surface area contributed by atoms with E-state index in [-0.39, 0.29) is 30.0 Å². The predicted molar refractivity (Wildman–Crippen MR) is 134 cm³/mol. The van der Waals surface area contributed by atoms with Crippen molar-refractivity contribution in [2.75, 3.05) is 30.0 Å². The maximum Gasteiger partial charge on any atom is 0.254 e. The van der Waals surface area contributed by atoms with Crippen molar-refractivity contribution in [1.82, 2.24) is 25.1 Å². The van der Waals surface area contributed by atoms with Crippen LogP contribution in [0.4, 0.5) is 11.4 Å². The number of hydrogen-bond donors (Lipinski definition) is 2. The van der Waals surface area contributed by atoms with Crippen LogP contribution >= 0.6 is 11.8 Å². The van der Waals surface area contributed by atoms with Gasteiger partial charge in [0.05, 0.1) is 12.3 Å². The molecular weight excluding hydrogens is 466 g/mol. The molecule has 1 heterocycles. The van der Waals surface area contributed by atoms with Crippen LogP contribution in [0.5, 0.6) is 0 Å². The van der Waals surface area contributed by atoms with Gasteiger partial charge in [-0.1, -0.05) is 48.2 Å². The summed E-state index contributed by atoms with van der Waals surface area (Å²) in [6.45, 7) is -0.103. The van der Waals surface area contributed by atoms with Gasteiger partial charge in [-0.2, -0.15) is 0 Å². The molecular formula is C24H23N7O3S. The van der Waals surface area contributed by atoms with Crippen LogP contribution in [-0.4, -0.2) is 62.2 Å². The zero-order chi connectivity index (χ0) is 24.8. The number of amides is 3. The van der Waals surface area contributed by atoms with E-state index in [9.17, 15) is 14.4 Å². The molecule has 0 saturated carbocycles. The topological polar surface area (TPSA) is 122 Å². The first-order chi connectivity index (χ1) is 16.9. The van der Waals surface area contributed by atoms with E-state index in [0.717, 1.165) is 10.8 Å². The fraction of sp³-hybridized carbons (Fsp3) is 0.167. The highest BCUT2D eigenvalue weighted by molar-refractivity contribution is 7.99. The fourth-order valence-electron chi connectivity index (χ4n) is 3.40. The zero-order valence-corrected chi connectivity index (χ0v) is 20.0. The number of tetrazole rings is 1. The van der Waals surface area contributed by atoms with Gasteiger partial charge in [-0.15, -0.1) is 5.10 Å². The van der Waals surface area contributed by atoms with Crippen molar-refractivity contribution in [2.24, 2.45) is 7.05 Å². The van der Waals surface area contributed by atoms with Crippen molar-refractivity contribution in [3.05, 3.63) is 72.3 Å². The quantitative estimate of drug-likeness (QED) is 0.365. The number of hydrogen-bond acceptors (Lipinski definition) is 7. The van der Waals surface area contributed by atoms with E-state index in [2.05, 4.69) is 26.2 Å². The number of nitrogens with one attached hydrogen (secondary N) is 2. The highest BCUT2D eigenvalue weighted by atomic mass is 32.2. The van der Waals surface area contributed by atoms with E-state index in [4.69, 9.17) is 0 Å². The van der Waals surface area contributed by atoms with Crippen LogP contribution in [0.3, 0.4) is 0 Å². The van der Waals surface area contributed by atoms with Crippen LogP contribution in [0, 0.1) is 0 Å². The van der Waals surface area contributed by atoms with Gasteiger partial charge in [-0.05, 0) is 46.1 Å². The molecule has 2 N–H and O–H groups in total. The van der Waals surface area contributed by atoms with E-state index in [1.54, 1.807) is 38.4 Å². The summed E-state index contributed by atoms with van der Waals surface area (Å²) in [5, 5.41) is 19.2. The van der Waals surface area contributed by atoms with E-state index in [1.165, 1.54) is 21.3 Å². The normalized spacial score (nSPS) is 10.7. The summed E-state index contributed by atoms with van der Waals surface area (Å²) in [4.78, 5) is 38.9. The molecule has 10 nitrogen and oxygen atoms in total. The molecule has 4 aromatic rings. The molecule has 35 heavy (non-hydrogen) atoms. The maximum absolute atomic E-state index is 12.8. The molecule has 1 aromatic heterocycles. The fourth-order valence-corrected chi connectivity index (χ4v) is 4.05. The van der Waals surface area contributed by atoms with Gasteiger partial charge >= 0.3 is 0 Å². The average molecular weight is 490 g/mol. The summed E-state index contributed by atoms with van der Waals surface area (Å²) < 4.78 is 1.48. The number of benzene rings is 3. The Labute approximate surface area is 205 Å². The number of thioether (sulfide) groups is 1. The molecule has 0 spiro atoms. The van der Waals surface area contributed by atoms with Gasteiger partial charge in [0.2, 0.25) is 17.0 Å². The first kappa shape index (κ1) is 23.9. The monoisotopic (exact) mass is 489 g/mol. The van der Waals surface area contributed by atoms with Crippen molar-refractivity contribution >= 4 is 51.6 Å². The van der Waals surface area contributed by atoms with Crippen molar-refractivity contribution in [2.45, 2.75) is 5.16 Å². The SMILES string of the molecule is CN(CC(=O)Nc1cccc2ccccc12)C(=O)c1ccc(NC(=O)CSc2nnnn2C)cc1. The number of nitrogens with zero attached hydrogens (tertiary/aromatic N) is 5. The van der Waals surface area contributed by atoms with E-state index < -0.39 is 0 Å². The molecule has 178 valence electrons. The molecule has 0 radical (unpaired) electrons. The molecule has 0 aliphatic carbocycles. The number of aryl methyl sites for hydroxylation is 1. The molecule has 0 fully saturated rings. The third kappa shape index (κ3) is 6.01. The number of likely N-dealkylation sites (N-methyl/N-ethyl adjacent to an activating group) is 1. The van der Waals surface area contributed by atoms with Crippen molar-refractivity contribution in [1.29, 1.82) is 0 Å². The highest BCUT2D eigenvalue weighted by Crippen LogP contribution is 2.23. The second-order valence-corrected chi connectivity index (χ2v) is 8.68. The first-order valence-electron chi connectivity index (χ1n) is 10.7. The van der Waals surface area contributed by atoms with Gasteiger partial charge in [0, 0.05) is 36.4 Å². The molecule has 0 bridgehead atoms. The van der Waals surface area contributed by atoms with Crippen molar-refractivity contribution < 1.29 is 14.4 Å². The number of aromatic nitrogens is 4. The van der Waals surface area contributed by atoms with Crippen LogP contribution in [0.1, 0.15) is 10.4 Å². The lowest BCUT2D eigenvalue weighted by atomic mass is 10.1. The van der Waals surface area contributed by atoms with Gasteiger partial charge in [0.1, 0.15) is 0 Å². The summed E-state index contributed by atoms with van der Waals surface area (Å²) in [6.07, 6.45) is 0. The number of rotatable bonds is 8. The number of fused-ring (bicyclic) bond motifs is 1. The number of carbonyl (C=O) groups is 3. The minimum absolute atomic E-state index is 0.103. The standard InChI is InChI=1S/C24H23N7O3S/c1-30(14-21(32)26-20-9-5-7-16-6-3-4-8-19(16)20)23(34)17-10-12-18(13-11-17)25-22(33)15-35-24-27-28-29-31(24)2/h3-13H,14-15H2,1-2H3,(H,25,33)(H,26,32). The summed E-state index contributed by atoms with van der Waals surface area (Å²) in [5.41, 5.74) is 1.66. The van der Waals surface area contributed by atoms with Crippen LogP contribution in [0.2, 0.25) is 0 Å². The highest BCUT2D eigenvalue weighted by Gasteiger charge is 2.16. The summed E-state index contributed by atoms with van der Waals surface area (Å²) in [6, 6.07) is 19.9. The largest absolute Gasteiger partial charge is 0.332 e. The molecule has 3 amide bonds. The summed E-state index contributed by atoms with van der Waals surface area (Å²) in [7, 11) is 3.26. The Morgan fingerprint density at radius 3 is 2.43 bits per heavy atom. The van der Waals surface area contributed by atoms with Crippen molar-refractivity contribution in [3.8, 4) is 0 Å². The lowest BCUT2D eigenvalue weighted by molar-refractivity contribution is -0.116. The Balaban J connectivity index is 1.30. The van der Waals surface area contributed by atoms with Crippen LogP contribution in [0.25, 0.3) is 10.8 Å². The van der Waals surface area contributed by atoms with Gasteiger partial charge in [0.15, 0.2) is 0 Å². The van der Waals surface area contributed by atoms with E-state index >= 15 is 0 Å². The Morgan fingerprint density at radius 1 is 0.943 bits per heavy atom. The molecule has 0 saturated heterocycles. The maximum atomic E-state index is 12.8. The van der Waals surface area contributed by atoms with Crippen LogP contribution in [-0.2, 0) is 16.6 Å². The average Bonchev–Trinajstić information content (AvgIpc) is 3.27. The minimum atomic E-state index is -0.304. The molecule has 4 rings (SSSR count). The molecule has 0 unspecified atom stereocenters. The van der Waals surface area contributed by atoms with Gasteiger partial charge in [-0.25, -0.2) is 4.68 Å². The second-order valence-electron chi connectivity index (χ2n) is 7.74. The second kappa shape index (κ2) is 10.8. The minimum Gasteiger partial charge on any atom is -0.332 e. The third-order valence-electron chi connectivity index (χ3n) is 5.12. The first-order valence-corrected chi connectivity index (χ1v) is 11.7. The smallest absolute Gasteiger partial charge is 0.254 e. The van der Waals surface area contributed by atoms with Gasteiger partial charge in [0.25, 0.3) is 5.91 Å². The number of anilines is 2. The number of carbonyl (C=O) groups excluding carboxylic acids is 3. The van der Waals surface area contributed by atoms with E-state index in [1.807, 2.05) is 42.5 Å². The molecule has 0 atom stereocenters. The zero-order valence-electron chi connectivity index (χ0n) is 19.1. The van der Waals surface area contributed by atoms with Crippen molar-refractivity contribution in [3.63, 3.8) is 0 Å². The Kier molecular flexibility index (Phi) is 7.36. The Morgan fingerprint density at radius 2 is 1.69 bits per heavy atom.